The van der Waals surface area contributed by atoms with Crippen LogP contribution in [0.25, 0.3) is 32.5 Å². The van der Waals surface area contributed by atoms with E-state index in [1.54, 1.807) is 11.3 Å². The van der Waals surface area contributed by atoms with Crippen molar-refractivity contribution in [1.29, 1.82) is 0 Å². The second-order valence-electron chi connectivity index (χ2n) is 6.29. The Morgan fingerprint density at radius 1 is 1.00 bits per heavy atom. The van der Waals surface area contributed by atoms with Gasteiger partial charge in [-0.25, -0.2) is 0 Å². The second kappa shape index (κ2) is 7.07. The number of nitrogens with zero attached hydrogens (tertiary/aromatic N) is 1. The van der Waals surface area contributed by atoms with Gasteiger partial charge in [-0.2, -0.15) is 5.10 Å². The molecule has 0 atom stereocenters. The Morgan fingerprint density at radius 3 is 2.79 bits per heavy atom. The summed E-state index contributed by atoms with van der Waals surface area (Å²) in [5.41, 5.74) is 3.58. The number of carbonyl (C=O) groups is 1. The van der Waals surface area contributed by atoms with Gasteiger partial charge in [-0.1, -0.05) is 42.5 Å². The van der Waals surface area contributed by atoms with Crippen molar-refractivity contribution in [3.05, 3.63) is 82.2 Å². The van der Waals surface area contributed by atoms with Crippen LogP contribution in [0.15, 0.2) is 66.0 Å². The number of benzene rings is 2. The van der Waals surface area contributed by atoms with E-state index in [9.17, 15) is 4.79 Å². The average Bonchev–Trinajstić information content (AvgIpc) is 3.42. The molecular formula is C22H15N3OS2. The molecule has 0 aliphatic rings. The van der Waals surface area contributed by atoms with Gasteiger partial charge in [-0.15, -0.1) is 22.7 Å². The molecule has 0 radical (unpaired) electrons. The quantitative estimate of drug-likeness (QED) is 0.373. The fourth-order valence-corrected chi connectivity index (χ4v) is 5.10. The number of nitrogens with one attached hydrogen (secondary N) is 2. The van der Waals surface area contributed by atoms with Crippen molar-refractivity contribution in [2.24, 2.45) is 0 Å². The first-order valence-corrected chi connectivity index (χ1v) is 10.5. The van der Waals surface area contributed by atoms with Gasteiger partial charge in [0.15, 0.2) is 0 Å². The van der Waals surface area contributed by atoms with E-state index < -0.39 is 0 Å². The Hall–Kier alpha value is -3.22. The third kappa shape index (κ3) is 3.13. The number of fused-ring (bicyclic) bond motifs is 2. The Kier molecular flexibility index (Phi) is 4.27. The number of aromatic amines is 1. The van der Waals surface area contributed by atoms with E-state index >= 15 is 0 Å². The van der Waals surface area contributed by atoms with Crippen LogP contribution >= 0.6 is 22.7 Å². The van der Waals surface area contributed by atoms with Gasteiger partial charge in [-0.05, 0) is 41.3 Å². The van der Waals surface area contributed by atoms with Crippen molar-refractivity contribution in [3.63, 3.8) is 0 Å². The maximum atomic E-state index is 12.7. The van der Waals surface area contributed by atoms with Crippen molar-refractivity contribution in [1.82, 2.24) is 10.2 Å². The molecule has 5 rings (SSSR count). The van der Waals surface area contributed by atoms with Gasteiger partial charge in [0, 0.05) is 20.5 Å². The van der Waals surface area contributed by atoms with Crippen LogP contribution in [0.3, 0.4) is 0 Å². The number of hydrogen-bond acceptors (Lipinski definition) is 4. The van der Waals surface area contributed by atoms with Crippen molar-refractivity contribution < 1.29 is 4.79 Å². The van der Waals surface area contributed by atoms with E-state index in [4.69, 9.17) is 0 Å². The number of thiophene rings is 2. The number of H-pyrrole nitrogens is 1. The Labute approximate surface area is 169 Å². The molecule has 136 valence electrons. The molecule has 2 N–H and O–H groups in total. The zero-order chi connectivity index (χ0) is 18.9. The van der Waals surface area contributed by atoms with Crippen LogP contribution in [0, 0.1) is 0 Å². The summed E-state index contributed by atoms with van der Waals surface area (Å²) in [6.45, 7) is 0. The lowest BCUT2D eigenvalue weighted by atomic mass is 10.1. The van der Waals surface area contributed by atoms with Crippen molar-refractivity contribution in [2.75, 3.05) is 5.32 Å². The monoisotopic (exact) mass is 401 g/mol. The summed E-state index contributed by atoms with van der Waals surface area (Å²) in [7, 11) is 0. The van der Waals surface area contributed by atoms with Crippen LogP contribution in [-0.4, -0.2) is 16.1 Å². The van der Waals surface area contributed by atoms with Gasteiger partial charge in [0.05, 0.1) is 16.1 Å². The van der Waals surface area contributed by atoms with Gasteiger partial charge < -0.3 is 5.32 Å². The molecule has 0 fully saturated rings. The number of carbonyl (C=O) groups excluding carboxylic acids is 1. The molecule has 2 aromatic carbocycles. The SMILES string of the molecule is O=C(Nc1ccccc1/C=C/c1n[nH]c2ccccc12)c1cc2sccc2s1. The summed E-state index contributed by atoms with van der Waals surface area (Å²) < 4.78 is 2.29. The minimum atomic E-state index is -0.0838. The molecule has 3 aromatic heterocycles. The fourth-order valence-electron chi connectivity index (χ4n) is 3.10. The molecule has 0 bridgehead atoms. The van der Waals surface area contributed by atoms with E-state index in [1.165, 1.54) is 11.3 Å². The van der Waals surface area contributed by atoms with Crippen molar-refractivity contribution in [2.45, 2.75) is 0 Å². The Bertz CT molecular complexity index is 1300. The summed E-state index contributed by atoms with van der Waals surface area (Å²) in [5.74, 6) is -0.0838. The predicted octanol–water partition coefficient (Wildman–Crippen LogP) is 6.26. The lowest BCUT2D eigenvalue weighted by molar-refractivity contribution is 0.103. The van der Waals surface area contributed by atoms with E-state index in [0.717, 1.165) is 42.1 Å². The molecule has 3 heterocycles. The molecule has 0 aliphatic carbocycles. The zero-order valence-electron chi connectivity index (χ0n) is 14.7. The van der Waals surface area contributed by atoms with Crippen LogP contribution in [0.4, 0.5) is 5.69 Å². The topological polar surface area (TPSA) is 57.8 Å². The highest BCUT2D eigenvalue weighted by molar-refractivity contribution is 7.27. The smallest absolute Gasteiger partial charge is 0.265 e. The van der Waals surface area contributed by atoms with Gasteiger partial charge >= 0.3 is 0 Å². The molecule has 0 saturated heterocycles. The average molecular weight is 402 g/mol. The molecule has 5 aromatic rings. The van der Waals surface area contributed by atoms with Crippen LogP contribution in [0.5, 0.6) is 0 Å². The van der Waals surface area contributed by atoms with Crippen LogP contribution in [-0.2, 0) is 0 Å². The van der Waals surface area contributed by atoms with Gasteiger partial charge in [-0.3, -0.25) is 9.89 Å². The van der Waals surface area contributed by atoms with Crippen molar-refractivity contribution >= 4 is 66.7 Å². The standard InChI is InChI=1S/C22H15N3OS2/c26-22(21-13-20-19(28-21)11-12-27-20)23-16-7-3-1-5-14(16)9-10-18-15-6-2-4-8-17(15)24-25-18/h1-13H,(H,23,26)(H,24,25)/b10-9+. The third-order valence-corrected chi connectivity index (χ3v) is 6.58. The minimum Gasteiger partial charge on any atom is -0.321 e. The van der Waals surface area contributed by atoms with E-state index in [2.05, 4.69) is 15.5 Å². The largest absolute Gasteiger partial charge is 0.321 e. The Balaban J connectivity index is 1.42. The Morgan fingerprint density at radius 2 is 1.86 bits per heavy atom. The zero-order valence-corrected chi connectivity index (χ0v) is 16.3. The van der Waals surface area contributed by atoms with E-state index in [1.807, 2.05) is 78.2 Å². The maximum Gasteiger partial charge on any atom is 0.265 e. The fraction of sp³-hybridized carbons (Fsp3) is 0. The van der Waals surface area contributed by atoms with Crippen LogP contribution in [0.1, 0.15) is 20.9 Å². The molecule has 0 unspecified atom stereocenters. The lowest BCUT2D eigenvalue weighted by Gasteiger charge is -2.07. The van der Waals surface area contributed by atoms with Crippen molar-refractivity contribution in [3.8, 4) is 0 Å². The normalized spacial score (nSPS) is 11.6. The first kappa shape index (κ1) is 16.9. The van der Waals surface area contributed by atoms with E-state index in [0.29, 0.717) is 0 Å². The van der Waals surface area contributed by atoms with E-state index in [-0.39, 0.29) is 5.91 Å². The van der Waals surface area contributed by atoms with Gasteiger partial charge in [0.2, 0.25) is 0 Å². The highest BCUT2D eigenvalue weighted by Gasteiger charge is 2.12. The summed E-state index contributed by atoms with van der Waals surface area (Å²) >= 11 is 3.17. The van der Waals surface area contributed by atoms with Gasteiger partial charge in [0.1, 0.15) is 0 Å². The number of amides is 1. The minimum absolute atomic E-state index is 0.0838. The second-order valence-corrected chi connectivity index (χ2v) is 8.32. The highest BCUT2D eigenvalue weighted by Crippen LogP contribution is 2.31. The molecular weight excluding hydrogens is 386 g/mol. The number of rotatable bonds is 4. The number of hydrogen-bond donors (Lipinski definition) is 2. The number of aromatic nitrogens is 2. The third-order valence-electron chi connectivity index (χ3n) is 4.49. The molecule has 28 heavy (non-hydrogen) atoms. The first-order valence-electron chi connectivity index (χ1n) is 8.76. The molecule has 0 spiro atoms. The molecule has 1 amide bonds. The van der Waals surface area contributed by atoms with Gasteiger partial charge in [0.25, 0.3) is 5.91 Å². The first-order chi connectivity index (χ1) is 13.8. The highest BCUT2D eigenvalue weighted by atomic mass is 32.1. The number of anilines is 1. The molecule has 0 aliphatic heterocycles. The molecule has 4 nitrogen and oxygen atoms in total. The summed E-state index contributed by atoms with van der Waals surface area (Å²) in [6, 6.07) is 19.8. The summed E-state index contributed by atoms with van der Waals surface area (Å²) in [4.78, 5) is 13.4. The molecule has 0 saturated carbocycles. The summed E-state index contributed by atoms with van der Waals surface area (Å²) in [6.07, 6.45) is 3.94. The lowest BCUT2D eigenvalue weighted by Crippen LogP contribution is -2.10. The molecule has 6 heteroatoms. The van der Waals surface area contributed by atoms with Crippen LogP contribution < -0.4 is 5.32 Å². The predicted molar refractivity (Wildman–Crippen MR) is 119 cm³/mol. The number of para-hydroxylation sites is 2. The summed E-state index contributed by atoms with van der Waals surface area (Å²) in [5, 5.41) is 13.6. The maximum absolute atomic E-state index is 12.7. The van der Waals surface area contributed by atoms with Crippen LogP contribution in [0.2, 0.25) is 0 Å².